The molecule has 8 bridgehead atoms. The van der Waals surface area contributed by atoms with Gasteiger partial charge in [-0.1, -0.05) is 73.1 Å². The molecule has 10 rings (SSSR count). The standard InChI is InChI=1S/C13H22.C10H14O2.C10H18O2.C9H16O2.5C2H7N/c1-2-4-6-13-11-8-7-10(9-11)12(13)5-3-1;11-9-10(3-4-12-9)6-7-1-2-8(10)5-7;11-4-3-10(7-12)6-8-1-2-9(10)5-8;10-4-8-6-1-2-7(3-6)9(8)5-11;5*1-2-3/h10-13H,1-9H2;7-8H,1-6H2;8-9,11-12H,1-7H2;6-11H,1-5H2;5*2-3H2,1H3. The molecule has 0 aromatic carbocycles. The van der Waals surface area contributed by atoms with E-state index in [2.05, 4.69) is 0 Å². The van der Waals surface area contributed by atoms with E-state index in [0.717, 1.165) is 82.1 Å². The van der Waals surface area contributed by atoms with Crippen LogP contribution in [0.2, 0.25) is 0 Å². The number of nitrogens with two attached hydrogens (primary N) is 5. The van der Waals surface area contributed by atoms with Crippen LogP contribution in [0.3, 0.4) is 0 Å². The lowest BCUT2D eigenvalue weighted by atomic mass is 9.71. The summed E-state index contributed by atoms with van der Waals surface area (Å²) in [6.07, 6.45) is 30.0. The molecule has 1 spiro atoms. The molecule has 0 radical (unpaired) electrons. The predicted octanol–water partition coefficient (Wildman–Crippen LogP) is 7.37. The molecule has 9 aliphatic carbocycles. The van der Waals surface area contributed by atoms with Gasteiger partial charge in [0.15, 0.2) is 0 Å². The maximum atomic E-state index is 11.6. The van der Waals surface area contributed by atoms with Crippen molar-refractivity contribution in [3.05, 3.63) is 0 Å². The smallest absolute Gasteiger partial charge is 0.312 e. The largest absolute Gasteiger partial charge is 0.465 e. The van der Waals surface area contributed by atoms with E-state index in [1.54, 1.807) is 44.9 Å². The summed E-state index contributed by atoms with van der Waals surface area (Å²) in [5, 5.41) is 36.5. The zero-order chi connectivity index (χ0) is 46.8. The third-order valence-corrected chi connectivity index (χ3v) is 17.0. The van der Waals surface area contributed by atoms with Gasteiger partial charge in [0.05, 0.1) is 12.0 Å². The molecular weight excluding hydrogens is 791 g/mol. The van der Waals surface area contributed by atoms with Gasteiger partial charge in [0.1, 0.15) is 0 Å². The number of cyclic esters (lactones) is 1. The molecular formula is C52H105N5O6. The van der Waals surface area contributed by atoms with E-state index in [1.165, 1.54) is 94.3 Å². The van der Waals surface area contributed by atoms with Gasteiger partial charge in [0, 0.05) is 26.4 Å². The Bertz CT molecular complexity index is 1120. The second-order valence-electron chi connectivity index (χ2n) is 20.9. The number of esters is 1. The summed E-state index contributed by atoms with van der Waals surface area (Å²) in [7, 11) is 0. The molecule has 10 fully saturated rings. The van der Waals surface area contributed by atoms with Gasteiger partial charge in [-0.15, -0.1) is 0 Å². The maximum absolute atomic E-state index is 11.6. The fraction of sp³-hybridized carbons (Fsp3) is 0.981. The maximum Gasteiger partial charge on any atom is 0.312 e. The van der Waals surface area contributed by atoms with Crippen molar-refractivity contribution >= 4 is 5.97 Å². The summed E-state index contributed by atoms with van der Waals surface area (Å²) in [4.78, 5) is 11.6. The molecule has 14 atom stereocenters. The quantitative estimate of drug-likeness (QED) is 0.124. The summed E-state index contributed by atoms with van der Waals surface area (Å²) in [6.45, 7) is 15.0. The molecule has 0 aromatic rings. The molecule has 1 saturated heterocycles. The molecule has 1 heterocycles. The van der Waals surface area contributed by atoms with Gasteiger partial charge in [0.2, 0.25) is 0 Å². The lowest BCUT2D eigenvalue weighted by Crippen LogP contribution is -2.32. The highest BCUT2D eigenvalue weighted by molar-refractivity contribution is 5.79. The Morgan fingerprint density at radius 1 is 0.540 bits per heavy atom. The van der Waals surface area contributed by atoms with E-state index in [-0.39, 0.29) is 43.2 Å². The van der Waals surface area contributed by atoms with Crippen LogP contribution in [0.1, 0.15) is 176 Å². The van der Waals surface area contributed by atoms with Crippen molar-refractivity contribution in [2.24, 2.45) is 111 Å². The molecule has 374 valence electrons. The topological polar surface area (TPSA) is 237 Å². The third-order valence-electron chi connectivity index (χ3n) is 17.0. The van der Waals surface area contributed by atoms with Gasteiger partial charge in [-0.3, -0.25) is 4.79 Å². The summed E-state index contributed by atoms with van der Waals surface area (Å²) in [5.74, 6) is 10.2. The second-order valence-corrected chi connectivity index (χ2v) is 20.9. The van der Waals surface area contributed by atoms with Crippen LogP contribution in [0.25, 0.3) is 0 Å². The molecule has 11 heteroatoms. The zero-order valence-electron chi connectivity index (χ0n) is 41.5. The molecule has 11 nitrogen and oxygen atoms in total. The van der Waals surface area contributed by atoms with Crippen LogP contribution in [0.4, 0.5) is 0 Å². The fourth-order valence-electron chi connectivity index (χ4n) is 14.6. The van der Waals surface area contributed by atoms with E-state index in [1.807, 2.05) is 34.6 Å². The summed E-state index contributed by atoms with van der Waals surface area (Å²) >= 11 is 0. The van der Waals surface area contributed by atoms with Crippen LogP contribution in [0.5, 0.6) is 0 Å². The molecule has 10 aliphatic rings. The molecule has 14 unspecified atom stereocenters. The molecule has 0 amide bonds. The number of carbonyl (C=O) groups excluding carboxylic acids is 1. The molecule has 9 saturated carbocycles. The number of ether oxygens (including phenoxy) is 1. The summed E-state index contributed by atoms with van der Waals surface area (Å²) in [5.41, 5.74) is 24.3. The van der Waals surface area contributed by atoms with Gasteiger partial charge in [-0.2, -0.15) is 0 Å². The number of carbonyl (C=O) groups is 1. The van der Waals surface area contributed by atoms with Crippen molar-refractivity contribution in [2.45, 2.75) is 176 Å². The number of aliphatic hydroxyl groups excluding tert-OH is 4. The van der Waals surface area contributed by atoms with Crippen LogP contribution in [0.15, 0.2) is 0 Å². The van der Waals surface area contributed by atoms with Gasteiger partial charge in [-0.05, 0) is 212 Å². The van der Waals surface area contributed by atoms with Gasteiger partial charge in [-0.25, -0.2) is 0 Å². The van der Waals surface area contributed by atoms with Gasteiger partial charge in [0.25, 0.3) is 0 Å². The highest BCUT2D eigenvalue weighted by Gasteiger charge is 2.58. The monoisotopic (exact) mass is 896 g/mol. The highest BCUT2D eigenvalue weighted by Crippen LogP contribution is 2.60. The normalized spacial score (nSPS) is 38.5. The first-order chi connectivity index (χ1) is 30.5. The van der Waals surface area contributed by atoms with Crippen molar-refractivity contribution < 1.29 is 30.0 Å². The van der Waals surface area contributed by atoms with E-state index in [9.17, 15) is 9.90 Å². The summed E-state index contributed by atoms with van der Waals surface area (Å²) < 4.78 is 5.10. The molecule has 63 heavy (non-hydrogen) atoms. The van der Waals surface area contributed by atoms with Crippen LogP contribution in [-0.2, 0) is 9.53 Å². The first kappa shape index (κ1) is 58.2. The van der Waals surface area contributed by atoms with Gasteiger partial charge < -0.3 is 53.8 Å². The predicted molar refractivity (Wildman–Crippen MR) is 261 cm³/mol. The Balaban J connectivity index is 0.000000262. The zero-order valence-corrected chi connectivity index (χ0v) is 41.5. The van der Waals surface area contributed by atoms with Crippen molar-refractivity contribution in [1.29, 1.82) is 0 Å². The number of hydrogen-bond acceptors (Lipinski definition) is 11. The second kappa shape index (κ2) is 32.0. The van der Waals surface area contributed by atoms with E-state index >= 15 is 0 Å². The van der Waals surface area contributed by atoms with Crippen LogP contribution >= 0.6 is 0 Å². The first-order valence-corrected chi connectivity index (χ1v) is 26.6. The summed E-state index contributed by atoms with van der Waals surface area (Å²) in [6, 6.07) is 0. The van der Waals surface area contributed by atoms with Crippen molar-refractivity contribution in [3.8, 4) is 0 Å². The third kappa shape index (κ3) is 16.4. The number of rotatable bonds is 5. The lowest BCUT2D eigenvalue weighted by molar-refractivity contribution is -0.148. The fourth-order valence-corrected chi connectivity index (χ4v) is 14.6. The van der Waals surface area contributed by atoms with Crippen molar-refractivity contribution in [2.75, 3.05) is 65.8 Å². The van der Waals surface area contributed by atoms with E-state index in [0.29, 0.717) is 30.3 Å². The Labute approximate surface area is 386 Å². The Hall–Kier alpha value is -0.890. The van der Waals surface area contributed by atoms with Crippen LogP contribution < -0.4 is 28.7 Å². The average Bonchev–Trinajstić information content (AvgIpc) is 4.13. The van der Waals surface area contributed by atoms with E-state index < -0.39 is 0 Å². The molecule has 1 aliphatic heterocycles. The highest BCUT2D eigenvalue weighted by atomic mass is 16.5. The molecule has 14 N–H and O–H groups in total. The Kier molecular flexibility index (Phi) is 29.5. The number of aliphatic hydroxyl groups is 4. The minimum Gasteiger partial charge on any atom is -0.465 e. The average molecular weight is 896 g/mol. The van der Waals surface area contributed by atoms with Crippen molar-refractivity contribution in [3.63, 3.8) is 0 Å². The van der Waals surface area contributed by atoms with Crippen molar-refractivity contribution in [1.82, 2.24) is 0 Å². The van der Waals surface area contributed by atoms with E-state index in [4.69, 9.17) is 48.7 Å². The minimum atomic E-state index is 0.00289. The SMILES string of the molecule is C1CCCC2C3CCC(C3)C2CC1.CCN.CCN.CCN.CCN.CCN.O=C1OCCC12CC1CCC2C1.OCC1C2CCC(C2)C1CO.OCCC1(CO)CC2CCC1C2. The minimum absolute atomic E-state index is 0.00289. The Morgan fingerprint density at radius 2 is 0.968 bits per heavy atom. The number of fused-ring (bicyclic) bond motifs is 12. The lowest BCUT2D eigenvalue weighted by Gasteiger charge is -2.35. The first-order valence-electron chi connectivity index (χ1n) is 26.6. The number of hydrogen-bond donors (Lipinski definition) is 9. The van der Waals surface area contributed by atoms with Gasteiger partial charge >= 0.3 is 5.97 Å². The van der Waals surface area contributed by atoms with Crippen LogP contribution in [0, 0.1) is 81.8 Å². The Morgan fingerprint density at radius 3 is 1.30 bits per heavy atom. The molecule has 0 aromatic heterocycles. The van der Waals surface area contributed by atoms with Crippen LogP contribution in [-0.4, -0.2) is 92.2 Å².